The van der Waals surface area contributed by atoms with Crippen LogP contribution in [0.1, 0.15) is 5.69 Å². The highest BCUT2D eigenvalue weighted by atomic mass is 16.4. The van der Waals surface area contributed by atoms with E-state index in [1.54, 1.807) is 6.92 Å². The number of aryl methyl sites for hydroxylation is 1. The summed E-state index contributed by atoms with van der Waals surface area (Å²) in [5.74, 6) is -0.889. The van der Waals surface area contributed by atoms with Gasteiger partial charge in [-0.2, -0.15) is 5.10 Å². The van der Waals surface area contributed by atoms with E-state index in [2.05, 4.69) is 11.2 Å². The lowest BCUT2D eigenvalue weighted by molar-refractivity contribution is -0.137. The third kappa shape index (κ3) is 1.34. The highest BCUT2D eigenvalue weighted by Gasteiger charge is 2.00. The van der Waals surface area contributed by atoms with Crippen LogP contribution >= 0.6 is 0 Å². The van der Waals surface area contributed by atoms with E-state index < -0.39 is 5.97 Å². The van der Waals surface area contributed by atoms with Crippen molar-refractivity contribution in [3.8, 4) is 0 Å². The van der Waals surface area contributed by atoms with Crippen LogP contribution in [0.15, 0.2) is 6.20 Å². The molecular formula is C6H7N2O2. The smallest absolute Gasteiger partial charge is 0.325 e. The molecule has 0 aromatic carbocycles. The van der Waals surface area contributed by atoms with Gasteiger partial charge in [0.1, 0.15) is 6.54 Å². The molecule has 0 saturated heterocycles. The molecule has 1 heterocycles. The number of aliphatic carboxylic acids is 1. The molecule has 0 unspecified atom stereocenters. The predicted molar refractivity (Wildman–Crippen MR) is 33.4 cm³/mol. The first-order valence-electron chi connectivity index (χ1n) is 2.82. The van der Waals surface area contributed by atoms with Gasteiger partial charge in [-0.3, -0.25) is 9.48 Å². The molecule has 0 fully saturated rings. The second-order valence-corrected chi connectivity index (χ2v) is 1.93. The molecule has 1 aromatic rings. The van der Waals surface area contributed by atoms with Gasteiger partial charge in [0.15, 0.2) is 0 Å². The maximum atomic E-state index is 10.1. The fourth-order valence-corrected chi connectivity index (χ4v) is 0.641. The van der Waals surface area contributed by atoms with Gasteiger partial charge in [0, 0.05) is 11.8 Å². The van der Waals surface area contributed by atoms with Crippen LogP contribution in [-0.4, -0.2) is 20.9 Å². The van der Waals surface area contributed by atoms with Crippen LogP contribution in [0, 0.1) is 13.0 Å². The van der Waals surface area contributed by atoms with Gasteiger partial charge >= 0.3 is 5.97 Å². The lowest BCUT2D eigenvalue weighted by Gasteiger charge is -1.96. The Labute approximate surface area is 58.1 Å². The molecule has 1 radical (unpaired) electrons. The minimum absolute atomic E-state index is 0.0880. The zero-order valence-corrected chi connectivity index (χ0v) is 5.53. The average Bonchev–Trinajstić information content (AvgIpc) is 2.15. The topological polar surface area (TPSA) is 55.1 Å². The molecule has 0 amide bonds. The summed E-state index contributed by atoms with van der Waals surface area (Å²) in [5.41, 5.74) is 0.738. The second-order valence-electron chi connectivity index (χ2n) is 1.93. The normalized spacial score (nSPS) is 9.70. The maximum absolute atomic E-state index is 10.1. The van der Waals surface area contributed by atoms with E-state index in [1.165, 1.54) is 10.9 Å². The molecule has 4 heteroatoms. The third-order valence-corrected chi connectivity index (χ3v) is 1.14. The van der Waals surface area contributed by atoms with E-state index in [9.17, 15) is 4.79 Å². The first-order valence-corrected chi connectivity index (χ1v) is 2.82. The largest absolute Gasteiger partial charge is 0.480 e. The van der Waals surface area contributed by atoms with Gasteiger partial charge in [0.25, 0.3) is 0 Å². The monoisotopic (exact) mass is 139 g/mol. The van der Waals surface area contributed by atoms with Crippen LogP contribution in [0.3, 0.4) is 0 Å². The van der Waals surface area contributed by atoms with Gasteiger partial charge in [-0.15, -0.1) is 0 Å². The third-order valence-electron chi connectivity index (χ3n) is 1.14. The van der Waals surface area contributed by atoms with Crippen LogP contribution < -0.4 is 0 Å². The number of hydrogen-bond acceptors (Lipinski definition) is 2. The second kappa shape index (κ2) is 2.51. The number of carboxylic acid groups (broad SMARTS) is 1. The van der Waals surface area contributed by atoms with Crippen LogP contribution in [0.5, 0.6) is 0 Å². The van der Waals surface area contributed by atoms with Gasteiger partial charge in [0.2, 0.25) is 0 Å². The molecular weight excluding hydrogens is 132 g/mol. The zero-order valence-electron chi connectivity index (χ0n) is 5.53. The van der Waals surface area contributed by atoms with Crippen molar-refractivity contribution in [2.24, 2.45) is 0 Å². The molecule has 53 valence electrons. The fourth-order valence-electron chi connectivity index (χ4n) is 0.641. The van der Waals surface area contributed by atoms with Crippen molar-refractivity contribution in [3.63, 3.8) is 0 Å². The molecule has 0 atom stereocenters. The van der Waals surface area contributed by atoms with Gasteiger partial charge in [-0.1, -0.05) is 0 Å². The summed E-state index contributed by atoms with van der Waals surface area (Å²) in [4.78, 5) is 10.1. The van der Waals surface area contributed by atoms with Gasteiger partial charge in [0.05, 0.1) is 6.20 Å². The first-order chi connectivity index (χ1) is 4.70. The Bertz CT molecular complexity index is 242. The average molecular weight is 139 g/mol. The number of aromatic nitrogens is 2. The van der Waals surface area contributed by atoms with Crippen LogP contribution in [0.2, 0.25) is 0 Å². The van der Waals surface area contributed by atoms with Crippen molar-refractivity contribution in [1.29, 1.82) is 0 Å². The Kier molecular flexibility index (Phi) is 1.71. The summed E-state index contributed by atoms with van der Waals surface area (Å²) in [6.07, 6.45) is 1.46. The van der Waals surface area contributed by atoms with Crippen molar-refractivity contribution in [3.05, 3.63) is 18.0 Å². The Hall–Kier alpha value is -1.32. The SMILES string of the molecule is Cc1[c]cnn1CC(=O)O. The van der Waals surface area contributed by atoms with E-state index >= 15 is 0 Å². The fraction of sp³-hybridized carbons (Fsp3) is 0.333. The molecule has 0 aliphatic rings. The summed E-state index contributed by atoms with van der Waals surface area (Å²) < 4.78 is 1.38. The zero-order chi connectivity index (χ0) is 7.56. The number of rotatable bonds is 2. The summed E-state index contributed by atoms with van der Waals surface area (Å²) >= 11 is 0. The molecule has 0 saturated carbocycles. The van der Waals surface area contributed by atoms with Gasteiger partial charge < -0.3 is 5.11 Å². The summed E-state index contributed by atoms with van der Waals surface area (Å²) in [6.45, 7) is 1.67. The standard InChI is InChI=1S/C6H7N2O2/c1-5-2-3-7-8(5)4-6(9)10/h3H,4H2,1H3,(H,9,10). The first kappa shape index (κ1) is 6.80. The molecule has 0 aliphatic carbocycles. The highest BCUT2D eigenvalue weighted by molar-refractivity contribution is 5.66. The van der Waals surface area contributed by atoms with E-state index in [-0.39, 0.29) is 6.54 Å². The lowest BCUT2D eigenvalue weighted by Crippen LogP contribution is -2.10. The summed E-state index contributed by atoms with van der Waals surface area (Å²) in [7, 11) is 0. The molecule has 0 spiro atoms. The van der Waals surface area contributed by atoms with Crippen molar-refractivity contribution in [1.82, 2.24) is 9.78 Å². The maximum Gasteiger partial charge on any atom is 0.325 e. The van der Waals surface area contributed by atoms with Crippen molar-refractivity contribution in [2.45, 2.75) is 13.5 Å². The van der Waals surface area contributed by atoms with E-state index in [4.69, 9.17) is 5.11 Å². The highest BCUT2D eigenvalue weighted by Crippen LogP contribution is 1.93. The number of hydrogen-bond donors (Lipinski definition) is 1. The van der Waals surface area contributed by atoms with Crippen LogP contribution in [0.4, 0.5) is 0 Å². The van der Waals surface area contributed by atoms with Gasteiger partial charge in [-0.05, 0) is 6.92 Å². The van der Waals surface area contributed by atoms with Crippen molar-refractivity contribution >= 4 is 5.97 Å². The minimum atomic E-state index is -0.889. The summed E-state index contributed by atoms with van der Waals surface area (Å²) in [6, 6.07) is 2.76. The van der Waals surface area contributed by atoms with E-state index in [0.717, 1.165) is 5.69 Å². The predicted octanol–water partition coefficient (Wildman–Crippen LogP) is 0.0763. The molecule has 0 aliphatic heterocycles. The van der Waals surface area contributed by atoms with Crippen LogP contribution in [-0.2, 0) is 11.3 Å². The Balaban J connectivity index is 2.74. The van der Waals surface area contributed by atoms with E-state index in [1.807, 2.05) is 0 Å². The Morgan fingerprint density at radius 1 is 2.00 bits per heavy atom. The number of nitrogens with zero attached hydrogens (tertiary/aromatic N) is 2. The quantitative estimate of drug-likeness (QED) is 0.631. The molecule has 0 bridgehead atoms. The minimum Gasteiger partial charge on any atom is -0.480 e. The molecule has 1 aromatic heterocycles. The Morgan fingerprint density at radius 2 is 2.70 bits per heavy atom. The molecule has 4 nitrogen and oxygen atoms in total. The summed E-state index contributed by atoms with van der Waals surface area (Å²) in [5, 5.41) is 12.1. The molecule has 1 N–H and O–H groups in total. The van der Waals surface area contributed by atoms with Gasteiger partial charge in [-0.25, -0.2) is 0 Å². The number of carboxylic acids is 1. The molecule has 10 heavy (non-hydrogen) atoms. The van der Waals surface area contributed by atoms with Crippen molar-refractivity contribution < 1.29 is 9.90 Å². The Morgan fingerprint density at radius 3 is 3.10 bits per heavy atom. The number of carbonyl (C=O) groups is 1. The van der Waals surface area contributed by atoms with Crippen LogP contribution in [0.25, 0.3) is 0 Å². The lowest BCUT2D eigenvalue weighted by atomic mass is 10.5. The van der Waals surface area contributed by atoms with E-state index in [0.29, 0.717) is 0 Å². The van der Waals surface area contributed by atoms with Crippen molar-refractivity contribution in [2.75, 3.05) is 0 Å². The molecule has 1 rings (SSSR count).